The van der Waals surface area contributed by atoms with Crippen LogP contribution in [0.15, 0.2) is 0 Å². The van der Waals surface area contributed by atoms with Crippen molar-refractivity contribution in [1.29, 1.82) is 0 Å². The first-order valence-corrected chi connectivity index (χ1v) is 9.34. The Labute approximate surface area is 313 Å². The summed E-state index contributed by atoms with van der Waals surface area (Å²) in [7, 11) is 0. The van der Waals surface area contributed by atoms with Crippen LogP contribution in [0.1, 0.15) is 38.5 Å². The Morgan fingerprint density at radius 3 is 0.447 bits per heavy atom. The third-order valence-corrected chi connectivity index (χ3v) is 3.76. The van der Waals surface area contributed by atoms with E-state index in [1.165, 1.54) is 0 Å². The van der Waals surface area contributed by atoms with Gasteiger partial charge in [0.2, 0.25) is 0 Å². The number of hydrogen-bond acceptors (Lipinski definition) is 21. The van der Waals surface area contributed by atoms with Gasteiger partial charge < -0.3 is 121 Å². The van der Waals surface area contributed by atoms with Gasteiger partial charge in [0, 0.05) is 74.3 Å². The second-order valence-corrected chi connectivity index (χ2v) is 7.25. The molecule has 0 fully saturated rings. The zero-order valence-electron chi connectivity index (χ0n) is 21.9. The molecule has 0 aromatic rings. The molecular formula is C18H15Fe5O24. The zero-order chi connectivity index (χ0) is 31.9. The molecule has 29 heteroatoms. The minimum Gasteiger partial charge on any atom is -2.00 e. The molecule has 0 unspecified atom stereocenters. The average Bonchev–Trinajstić information content (AvgIpc) is 2.64. The predicted octanol–water partition coefficient (Wildman–Crippen LogP) is -16.1. The summed E-state index contributed by atoms with van der Waals surface area (Å²) in [5.41, 5.74) is -8.92. The summed E-state index contributed by atoms with van der Waals surface area (Å²) in [5, 5.41) is 117. The summed E-state index contributed by atoms with van der Waals surface area (Å²) in [5.74, 6) is -18.0. The van der Waals surface area contributed by atoms with E-state index < -0.39 is 109 Å². The van der Waals surface area contributed by atoms with Crippen molar-refractivity contribution in [1.82, 2.24) is 0 Å². The van der Waals surface area contributed by atoms with Crippen molar-refractivity contribution in [3.05, 3.63) is 0 Å². The summed E-state index contributed by atoms with van der Waals surface area (Å²) in [6.07, 6.45) is -8.15. The monoisotopic (exact) mass is 895 g/mol. The standard InChI is InChI=1S/3C6H8O7.5Fe.3O/c3*7-3(8)1-6(13,5(11)12)2-4(9)10;;;;;;;;/h3*13H,1-2H2,(H,7,8)(H,9,10)(H,11,12);;;;;;;;/q;;;5*+3;3*-2/p-9. The van der Waals surface area contributed by atoms with Gasteiger partial charge in [-0.1, -0.05) is 0 Å². The summed E-state index contributed by atoms with van der Waals surface area (Å²) in [6.45, 7) is 0. The molecule has 0 aliphatic rings. The summed E-state index contributed by atoms with van der Waals surface area (Å²) < 4.78 is 0. The van der Waals surface area contributed by atoms with Crippen LogP contribution < -0.4 is 46.0 Å². The molecule has 0 aromatic heterocycles. The first-order valence-electron chi connectivity index (χ1n) is 9.34. The SMILES string of the molecule is O=C([O-])CC(O)(CC(=O)[O-])C(=O)[O-].O=C([O-])CC(O)(CC(=O)[O-])C(=O)[O-].O=C([O-])CC(O)(CC(=O)[O-])C(=O)[O-].[Fe+3].[Fe+3].[Fe+3].[Fe+3].[Fe+3].[O-2].[O-2].[O-2]. The second-order valence-electron chi connectivity index (χ2n) is 7.25. The summed E-state index contributed by atoms with van der Waals surface area (Å²) in [6, 6.07) is 0. The second kappa shape index (κ2) is 33.5. The molecule has 0 amide bonds. The molecule has 47 heavy (non-hydrogen) atoms. The third-order valence-electron chi connectivity index (χ3n) is 3.76. The number of aliphatic carboxylic acids is 9. The van der Waals surface area contributed by atoms with Gasteiger partial charge >= 0.3 is 85.3 Å². The van der Waals surface area contributed by atoms with Crippen LogP contribution in [-0.4, -0.2) is 85.8 Å². The maximum atomic E-state index is 10.1. The number of aliphatic hydroxyl groups is 3. The van der Waals surface area contributed by atoms with E-state index in [2.05, 4.69) is 0 Å². The van der Waals surface area contributed by atoms with E-state index in [-0.39, 0.29) is 102 Å². The van der Waals surface area contributed by atoms with Gasteiger partial charge in [-0.15, -0.1) is 0 Å². The Kier molecular flexibility index (Phi) is 53.5. The Balaban J connectivity index is -0.0000000424. The predicted molar refractivity (Wildman–Crippen MR) is 89.7 cm³/mol. The van der Waals surface area contributed by atoms with Gasteiger partial charge in [0.25, 0.3) is 0 Å². The van der Waals surface area contributed by atoms with E-state index in [1.807, 2.05) is 0 Å². The van der Waals surface area contributed by atoms with Crippen LogP contribution in [0.3, 0.4) is 0 Å². The smallest absolute Gasteiger partial charge is 2.00 e. The van der Waals surface area contributed by atoms with Crippen molar-refractivity contribution in [3.63, 3.8) is 0 Å². The molecule has 0 bridgehead atoms. The maximum Gasteiger partial charge on any atom is 3.00 e. The van der Waals surface area contributed by atoms with E-state index in [1.54, 1.807) is 0 Å². The van der Waals surface area contributed by atoms with E-state index in [4.69, 9.17) is 15.3 Å². The van der Waals surface area contributed by atoms with Gasteiger partial charge in [0.15, 0.2) is 0 Å². The Bertz CT molecular complexity index is 831. The van der Waals surface area contributed by atoms with Crippen LogP contribution in [0.5, 0.6) is 0 Å². The molecule has 0 heterocycles. The fourth-order valence-electron chi connectivity index (χ4n) is 2.05. The van der Waals surface area contributed by atoms with E-state index in [0.29, 0.717) is 0 Å². The minimum absolute atomic E-state index is 0. The minimum atomic E-state index is -2.97. The molecule has 0 saturated heterocycles. The van der Waals surface area contributed by atoms with E-state index in [9.17, 15) is 89.1 Å². The third kappa shape index (κ3) is 36.3. The number of carbonyl (C=O) groups excluding carboxylic acids is 9. The van der Waals surface area contributed by atoms with Gasteiger partial charge in [-0.25, -0.2) is 0 Å². The van der Waals surface area contributed by atoms with Crippen LogP contribution >= 0.6 is 0 Å². The Morgan fingerprint density at radius 2 is 0.404 bits per heavy atom. The first kappa shape index (κ1) is 75.1. The van der Waals surface area contributed by atoms with Crippen LogP contribution in [0.4, 0.5) is 0 Å². The Morgan fingerprint density at radius 1 is 0.319 bits per heavy atom. The molecule has 0 spiro atoms. The molecule has 0 rings (SSSR count). The topological polar surface area (TPSA) is 507 Å². The van der Waals surface area contributed by atoms with E-state index >= 15 is 0 Å². The van der Waals surface area contributed by atoms with Gasteiger partial charge in [0.1, 0.15) is 16.8 Å². The van der Waals surface area contributed by atoms with Crippen molar-refractivity contribution in [3.8, 4) is 0 Å². The average molecular weight is 895 g/mol. The van der Waals surface area contributed by atoms with Crippen LogP contribution in [0.2, 0.25) is 0 Å². The van der Waals surface area contributed by atoms with E-state index in [0.717, 1.165) is 0 Å². The molecular weight excluding hydrogens is 879 g/mol. The number of carbonyl (C=O) groups is 9. The fourth-order valence-corrected chi connectivity index (χ4v) is 2.05. The molecule has 24 nitrogen and oxygen atoms in total. The summed E-state index contributed by atoms with van der Waals surface area (Å²) >= 11 is 0. The number of carboxylic acid groups (broad SMARTS) is 9. The Hall–Kier alpha value is -2.41. The van der Waals surface area contributed by atoms with Crippen molar-refractivity contribution < 1.29 is 206 Å². The quantitative estimate of drug-likeness (QED) is 0.128. The largest absolute Gasteiger partial charge is 3.00 e. The molecule has 0 aliphatic heterocycles. The van der Waals surface area contributed by atoms with Crippen molar-refractivity contribution in [2.24, 2.45) is 0 Å². The molecule has 0 atom stereocenters. The molecule has 3 N–H and O–H groups in total. The van der Waals surface area contributed by atoms with Crippen molar-refractivity contribution in [2.45, 2.75) is 55.3 Å². The van der Waals surface area contributed by atoms with Crippen LogP contribution in [0.25, 0.3) is 0 Å². The molecule has 0 aromatic carbocycles. The fraction of sp³-hybridized carbons (Fsp3) is 0.500. The van der Waals surface area contributed by atoms with Gasteiger partial charge in [0.05, 0.1) is 17.9 Å². The van der Waals surface area contributed by atoms with Crippen molar-refractivity contribution >= 4 is 53.7 Å². The zero-order valence-corrected chi connectivity index (χ0v) is 27.4. The first-order chi connectivity index (χ1) is 17.3. The van der Waals surface area contributed by atoms with Gasteiger partial charge in [-0.2, -0.15) is 0 Å². The number of hydrogen-bond donors (Lipinski definition) is 3. The normalized spacial score (nSPS) is 9.00. The number of rotatable bonds is 15. The van der Waals surface area contributed by atoms with Gasteiger partial charge in [-0.05, 0) is 0 Å². The molecule has 271 valence electrons. The van der Waals surface area contributed by atoms with Crippen molar-refractivity contribution in [2.75, 3.05) is 0 Å². The van der Waals surface area contributed by atoms with Gasteiger partial charge in [-0.3, -0.25) is 0 Å². The molecule has 5 radical (unpaired) electrons. The van der Waals surface area contributed by atoms with Crippen LogP contribution in [0, 0.1) is 0 Å². The molecule has 0 aliphatic carbocycles. The maximum absolute atomic E-state index is 10.1. The molecule has 0 saturated carbocycles. The number of carboxylic acids is 9. The summed E-state index contributed by atoms with van der Waals surface area (Å²) in [4.78, 5) is 90.0. The van der Waals surface area contributed by atoms with Crippen LogP contribution in [-0.2, 0) is 145 Å².